The van der Waals surface area contributed by atoms with E-state index < -0.39 is 0 Å². The molecule has 0 aromatic heterocycles. The van der Waals surface area contributed by atoms with Gasteiger partial charge in [-0.3, -0.25) is 0 Å². The van der Waals surface area contributed by atoms with Gasteiger partial charge < -0.3 is 10.1 Å². The van der Waals surface area contributed by atoms with Gasteiger partial charge in [-0.15, -0.1) is 0 Å². The van der Waals surface area contributed by atoms with E-state index in [1.54, 1.807) is 7.11 Å². The zero-order valence-electron chi connectivity index (χ0n) is 13.6. The molecule has 19 heavy (non-hydrogen) atoms. The van der Waals surface area contributed by atoms with Crippen molar-refractivity contribution < 1.29 is 4.74 Å². The van der Waals surface area contributed by atoms with Gasteiger partial charge in [0.15, 0.2) is 0 Å². The minimum Gasteiger partial charge on any atom is -0.495 e. The maximum absolute atomic E-state index is 5.43. The second-order valence-corrected chi connectivity index (χ2v) is 7.40. The van der Waals surface area contributed by atoms with E-state index in [0.717, 1.165) is 24.4 Å². The van der Waals surface area contributed by atoms with Crippen LogP contribution < -0.4 is 10.1 Å². The highest BCUT2D eigenvalue weighted by Gasteiger charge is 2.16. The Morgan fingerprint density at radius 3 is 2.16 bits per heavy atom. The van der Waals surface area contributed by atoms with E-state index in [1.165, 1.54) is 5.56 Å². The highest BCUT2D eigenvalue weighted by Crippen LogP contribution is 2.31. The van der Waals surface area contributed by atoms with Crippen LogP contribution in [0.15, 0.2) is 18.2 Å². The van der Waals surface area contributed by atoms with Crippen molar-refractivity contribution in [2.75, 3.05) is 19.0 Å². The van der Waals surface area contributed by atoms with E-state index in [9.17, 15) is 0 Å². The summed E-state index contributed by atoms with van der Waals surface area (Å²) in [6.45, 7) is 14.4. The summed E-state index contributed by atoms with van der Waals surface area (Å²) in [7, 11) is 1.72. The number of methoxy groups -OCH3 is 1. The molecule has 1 aromatic rings. The standard InChI is InChI=1S/C17H29NO/c1-16(2,3)10-11-18-14-12-13(17(4,5)6)8-9-15(14)19-7/h8-9,12,18H,10-11H2,1-7H3. The summed E-state index contributed by atoms with van der Waals surface area (Å²) in [5.74, 6) is 0.918. The second kappa shape index (κ2) is 5.85. The maximum Gasteiger partial charge on any atom is 0.141 e. The maximum atomic E-state index is 5.43. The second-order valence-electron chi connectivity index (χ2n) is 7.40. The molecule has 0 aliphatic carbocycles. The average Bonchev–Trinajstić information content (AvgIpc) is 2.26. The van der Waals surface area contributed by atoms with Crippen molar-refractivity contribution in [1.82, 2.24) is 0 Å². The van der Waals surface area contributed by atoms with Crippen LogP contribution >= 0.6 is 0 Å². The monoisotopic (exact) mass is 263 g/mol. The Morgan fingerprint density at radius 2 is 1.68 bits per heavy atom. The van der Waals surface area contributed by atoms with Crippen LogP contribution in [0.4, 0.5) is 5.69 Å². The summed E-state index contributed by atoms with van der Waals surface area (Å²) in [5, 5.41) is 3.51. The van der Waals surface area contributed by atoms with Crippen molar-refractivity contribution in [2.24, 2.45) is 5.41 Å². The minimum absolute atomic E-state index is 0.159. The van der Waals surface area contributed by atoms with Gasteiger partial charge in [-0.25, -0.2) is 0 Å². The van der Waals surface area contributed by atoms with Crippen LogP contribution in [-0.4, -0.2) is 13.7 Å². The molecule has 1 N–H and O–H groups in total. The molecule has 1 aromatic carbocycles. The number of rotatable bonds is 4. The van der Waals surface area contributed by atoms with Crippen molar-refractivity contribution in [3.8, 4) is 5.75 Å². The van der Waals surface area contributed by atoms with Gasteiger partial charge >= 0.3 is 0 Å². The number of nitrogens with one attached hydrogen (secondary N) is 1. The van der Waals surface area contributed by atoms with Crippen molar-refractivity contribution in [1.29, 1.82) is 0 Å². The molecule has 0 unspecified atom stereocenters. The summed E-state index contributed by atoms with van der Waals surface area (Å²) in [6, 6.07) is 6.41. The van der Waals surface area contributed by atoms with Crippen molar-refractivity contribution in [3.63, 3.8) is 0 Å². The lowest BCUT2D eigenvalue weighted by Crippen LogP contribution is -2.15. The lowest BCUT2D eigenvalue weighted by Gasteiger charge is -2.23. The molecule has 1 rings (SSSR count). The fourth-order valence-corrected chi connectivity index (χ4v) is 1.88. The third-order valence-electron chi connectivity index (χ3n) is 3.26. The van der Waals surface area contributed by atoms with Gasteiger partial charge in [-0.1, -0.05) is 47.6 Å². The molecule has 0 saturated heterocycles. The molecule has 0 radical (unpaired) electrons. The minimum atomic E-state index is 0.159. The van der Waals surface area contributed by atoms with Gasteiger partial charge in [0, 0.05) is 6.54 Å². The Labute approximate surface area is 118 Å². The van der Waals surface area contributed by atoms with E-state index in [4.69, 9.17) is 4.74 Å². The Bertz CT molecular complexity index is 410. The van der Waals surface area contributed by atoms with Gasteiger partial charge in [-0.2, -0.15) is 0 Å². The lowest BCUT2D eigenvalue weighted by atomic mass is 9.86. The number of anilines is 1. The summed E-state index contributed by atoms with van der Waals surface area (Å²) in [6.07, 6.45) is 1.13. The Hall–Kier alpha value is -1.18. The van der Waals surface area contributed by atoms with E-state index in [2.05, 4.69) is 65.1 Å². The van der Waals surface area contributed by atoms with Crippen LogP contribution in [0.3, 0.4) is 0 Å². The first-order valence-electron chi connectivity index (χ1n) is 7.06. The molecule has 0 fully saturated rings. The Morgan fingerprint density at radius 1 is 1.05 bits per heavy atom. The van der Waals surface area contributed by atoms with Crippen LogP contribution in [-0.2, 0) is 5.41 Å². The molecule has 2 nitrogen and oxygen atoms in total. The first-order valence-corrected chi connectivity index (χ1v) is 7.06. The molecule has 0 atom stereocenters. The van der Waals surface area contributed by atoms with Crippen molar-refractivity contribution in [3.05, 3.63) is 23.8 Å². The van der Waals surface area contributed by atoms with Gasteiger partial charge in [0.2, 0.25) is 0 Å². The van der Waals surface area contributed by atoms with Crippen LogP contribution in [0.1, 0.15) is 53.5 Å². The van der Waals surface area contributed by atoms with Gasteiger partial charge in [0.25, 0.3) is 0 Å². The topological polar surface area (TPSA) is 21.3 Å². The molecule has 0 aliphatic heterocycles. The van der Waals surface area contributed by atoms with E-state index in [1.807, 2.05) is 0 Å². The fourth-order valence-electron chi connectivity index (χ4n) is 1.88. The highest BCUT2D eigenvalue weighted by molar-refractivity contribution is 5.59. The zero-order chi connectivity index (χ0) is 14.7. The fraction of sp³-hybridized carbons (Fsp3) is 0.647. The van der Waals surface area contributed by atoms with Gasteiger partial charge in [0.1, 0.15) is 5.75 Å². The first-order chi connectivity index (χ1) is 8.63. The molecule has 0 aliphatic rings. The third-order valence-corrected chi connectivity index (χ3v) is 3.26. The molecule has 0 heterocycles. The smallest absolute Gasteiger partial charge is 0.141 e. The van der Waals surface area contributed by atoms with Crippen molar-refractivity contribution in [2.45, 2.75) is 53.4 Å². The summed E-state index contributed by atoms with van der Waals surface area (Å²) >= 11 is 0. The van der Waals surface area contributed by atoms with E-state index in [0.29, 0.717) is 5.41 Å². The molecular formula is C17H29NO. The quantitative estimate of drug-likeness (QED) is 0.839. The van der Waals surface area contributed by atoms with Crippen LogP contribution in [0, 0.1) is 5.41 Å². The number of benzene rings is 1. The molecule has 0 amide bonds. The SMILES string of the molecule is COc1ccc(C(C)(C)C)cc1NCCC(C)(C)C. The van der Waals surface area contributed by atoms with Crippen molar-refractivity contribution >= 4 is 5.69 Å². The molecule has 0 bridgehead atoms. The number of hydrogen-bond donors (Lipinski definition) is 1. The van der Waals surface area contributed by atoms with Gasteiger partial charge in [-0.05, 0) is 34.9 Å². The Balaban J connectivity index is 2.85. The molecule has 0 saturated carbocycles. The van der Waals surface area contributed by atoms with Crippen LogP contribution in [0.2, 0.25) is 0 Å². The number of ether oxygens (including phenoxy) is 1. The Kier molecular flexibility index (Phi) is 4.89. The summed E-state index contributed by atoms with van der Waals surface area (Å²) in [4.78, 5) is 0. The average molecular weight is 263 g/mol. The normalized spacial score (nSPS) is 12.4. The largest absolute Gasteiger partial charge is 0.495 e. The molecule has 2 heteroatoms. The molecular weight excluding hydrogens is 234 g/mol. The molecule has 0 spiro atoms. The third kappa shape index (κ3) is 5.14. The zero-order valence-corrected chi connectivity index (χ0v) is 13.6. The molecule has 108 valence electrons. The predicted molar refractivity (Wildman–Crippen MR) is 84.3 cm³/mol. The van der Waals surface area contributed by atoms with E-state index >= 15 is 0 Å². The van der Waals surface area contributed by atoms with E-state index in [-0.39, 0.29) is 5.41 Å². The van der Waals surface area contributed by atoms with Crippen LogP contribution in [0.25, 0.3) is 0 Å². The summed E-state index contributed by atoms with van der Waals surface area (Å²) < 4.78 is 5.43. The highest BCUT2D eigenvalue weighted by atomic mass is 16.5. The van der Waals surface area contributed by atoms with Gasteiger partial charge in [0.05, 0.1) is 12.8 Å². The first kappa shape index (κ1) is 15.9. The van der Waals surface area contributed by atoms with Crippen LogP contribution in [0.5, 0.6) is 5.75 Å². The predicted octanol–water partition coefficient (Wildman–Crippen LogP) is 4.84. The number of hydrogen-bond acceptors (Lipinski definition) is 2. The summed E-state index contributed by atoms with van der Waals surface area (Å²) in [5.41, 5.74) is 2.93. The lowest BCUT2D eigenvalue weighted by molar-refractivity contribution is 0.388.